The van der Waals surface area contributed by atoms with Crippen LogP contribution in [0.15, 0.2) is 28.7 Å². The van der Waals surface area contributed by atoms with Gasteiger partial charge in [0.15, 0.2) is 0 Å². The van der Waals surface area contributed by atoms with Gasteiger partial charge < -0.3 is 5.32 Å². The maximum Gasteiger partial charge on any atom is 0.0360 e. The average molecular weight is 311 g/mol. The topological polar surface area (TPSA) is 15.3 Å². The first-order valence-electron chi connectivity index (χ1n) is 7.02. The summed E-state index contributed by atoms with van der Waals surface area (Å²) in [7, 11) is 0. The van der Waals surface area contributed by atoms with Gasteiger partial charge in [-0.3, -0.25) is 4.90 Å². The highest BCUT2D eigenvalue weighted by molar-refractivity contribution is 9.10. The van der Waals surface area contributed by atoms with E-state index in [2.05, 4.69) is 57.3 Å². The first-order chi connectivity index (χ1) is 8.83. The minimum atomic E-state index is 0.572. The van der Waals surface area contributed by atoms with E-state index in [0.29, 0.717) is 6.04 Å². The van der Waals surface area contributed by atoms with Crippen molar-refractivity contribution in [2.75, 3.05) is 26.2 Å². The molecule has 0 amide bonds. The zero-order valence-corrected chi connectivity index (χ0v) is 12.7. The van der Waals surface area contributed by atoms with E-state index in [9.17, 15) is 0 Å². The van der Waals surface area contributed by atoms with E-state index in [1.54, 1.807) is 0 Å². The van der Waals surface area contributed by atoms with Crippen molar-refractivity contribution in [2.45, 2.75) is 32.2 Å². The molecule has 0 radical (unpaired) electrons. The lowest BCUT2D eigenvalue weighted by molar-refractivity contribution is 0.162. The van der Waals surface area contributed by atoms with E-state index in [1.807, 2.05) is 0 Å². The van der Waals surface area contributed by atoms with E-state index in [4.69, 9.17) is 0 Å². The first kappa shape index (κ1) is 14.0. The molecular formula is C15H23BrN2. The monoisotopic (exact) mass is 310 g/mol. The van der Waals surface area contributed by atoms with Gasteiger partial charge in [-0.05, 0) is 18.1 Å². The van der Waals surface area contributed by atoms with Crippen molar-refractivity contribution in [2.24, 2.45) is 0 Å². The fourth-order valence-corrected chi connectivity index (χ4v) is 3.22. The molecule has 1 heterocycles. The molecule has 1 atom stereocenters. The number of piperazine rings is 1. The average Bonchev–Trinajstić information content (AvgIpc) is 2.42. The fourth-order valence-electron chi connectivity index (χ4n) is 2.67. The molecule has 1 aromatic carbocycles. The summed E-state index contributed by atoms with van der Waals surface area (Å²) in [6.45, 7) is 6.83. The van der Waals surface area contributed by atoms with Gasteiger partial charge in [0, 0.05) is 36.7 Å². The molecule has 2 rings (SSSR count). The van der Waals surface area contributed by atoms with Gasteiger partial charge in [-0.25, -0.2) is 0 Å². The highest BCUT2D eigenvalue weighted by Crippen LogP contribution is 2.31. The van der Waals surface area contributed by atoms with Crippen LogP contribution in [0.1, 0.15) is 37.8 Å². The molecule has 18 heavy (non-hydrogen) atoms. The number of hydrogen-bond acceptors (Lipinski definition) is 2. The van der Waals surface area contributed by atoms with Crippen LogP contribution >= 0.6 is 15.9 Å². The Balaban J connectivity index is 2.15. The van der Waals surface area contributed by atoms with Crippen molar-refractivity contribution in [3.8, 4) is 0 Å². The maximum atomic E-state index is 3.71. The molecule has 3 heteroatoms. The first-order valence-corrected chi connectivity index (χ1v) is 7.81. The Morgan fingerprint density at radius 2 is 2.00 bits per heavy atom. The standard InChI is InChI=1S/C15H23BrN2/c1-2-3-8-15(18-11-9-17-10-12-18)13-6-4-5-7-14(13)16/h4-7,15,17H,2-3,8-12H2,1H3/t15-/m1/s1. The van der Waals surface area contributed by atoms with Crippen LogP contribution in [0.4, 0.5) is 0 Å². The fraction of sp³-hybridized carbons (Fsp3) is 0.600. The van der Waals surface area contributed by atoms with Crippen molar-refractivity contribution in [1.82, 2.24) is 10.2 Å². The van der Waals surface area contributed by atoms with Gasteiger partial charge in [0.25, 0.3) is 0 Å². The van der Waals surface area contributed by atoms with Gasteiger partial charge in [0.05, 0.1) is 0 Å². The predicted octanol–water partition coefficient (Wildman–Crippen LogP) is 3.59. The SMILES string of the molecule is CCCC[C@H](c1ccccc1Br)N1CCNCC1. The lowest BCUT2D eigenvalue weighted by Crippen LogP contribution is -2.45. The van der Waals surface area contributed by atoms with Crippen molar-refractivity contribution in [3.05, 3.63) is 34.3 Å². The molecule has 1 aliphatic heterocycles. The molecular weight excluding hydrogens is 288 g/mol. The number of hydrogen-bond donors (Lipinski definition) is 1. The lowest BCUT2D eigenvalue weighted by Gasteiger charge is -2.35. The Bertz CT molecular complexity index is 361. The van der Waals surface area contributed by atoms with Crippen molar-refractivity contribution < 1.29 is 0 Å². The van der Waals surface area contributed by atoms with Crippen LogP contribution in [0, 0.1) is 0 Å². The smallest absolute Gasteiger partial charge is 0.0360 e. The normalized spacial score (nSPS) is 18.8. The third kappa shape index (κ3) is 3.56. The van der Waals surface area contributed by atoms with Crippen LogP contribution in [0.2, 0.25) is 0 Å². The predicted molar refractivity (Wildman–Crippen MR) is 80.9 cm³/mol. The number of nitrogens with zero attached hydrogens (tertiary/aromatic N) is 1. The number of rotatable bonds is 5. The second-order valence-corrected chi connectivity index (χ2v) is 5.82. The molecule has 1 aromatic rings. The minimum Gasteiger partial charge on any atom is -0.314 e. The number of benzene rings is 1. The van der Waals surface area contributed by atoms with Crippen LogP contribution in [-0.2, 0) is 0 Å². The van der Waals surface area contributed by atoms with Gasteiger partial charge in [0.2, 0.25) is 0 Å². The summed E-state index contributed by atoms with van der Waals surface area (Å²) in [5.74, 6) is 0. The van der Waals surface area contributed by atoms with E-state index in [1.165, 1.54) is 29.3 Å². The third-order valence-electron chi connectivity index (χ3n) is 3.69. The van der Waals surface area contributed by atoms with Gasteiger partial charge in [-0.1, -0.05) is 53.9 Å². The van der Waals surface area contributed by atoms with Gasteiger partial charge in [0.1, 0.15) is 0 Å². The lowest BCUT2D eigenvalue weighted by atomic mass is 9.99. The molecule has 1 N–H and O–H groups in total. The van der Waals surface area contributed by atoms with E-state index in [-0.39, 0.29) is 0 Å². The minimum absolute atomic E-state index is 0.572. The summed E-state index contributed by atoms with van der Waals surface area (Å²) in [4.78, 5) is 2.63. The molecule has 1 aliphatic rings. The number of nitrogens with one attached hydrogen (secondary N) is 1. The third-order valence-corrected chi connectivity index (χ3v) is 4.41. The largest absolute Gasteiger partial charge is 0.314 e. The highest BCUT2D eigenvalue weighted by atomic mass is 79.9. The zero-order chi connectivity index (χ0) is 12.8. The molecule has 0 bridgehead atoms. The van der Waals surface area contributed by atoms with E-state index in [0.717, 1.165) is 26.2 Å². The molecule has 100 valence electrons. The van der Waals surface area contributed by atoms with Gasteiger partial charge in [-0.15, -0.1) is 0 Å². The van der Waals surface area contributed by atoms with Crippen molar-refractivity contribution in [3.63, 3.8) is 0 Å². The van der Waals surface area contributed by atoms with Crippen LogP contribution in [-0.4, -0.2) is 31.1 Å². The summed E-state index contributed by atoms with van der Waals surface area (Å²) in [6.07, 6.45) is 3.84. The van der Waals surface area contributed by atoms with Crippen molar-refractivity contribution in [1.29, 1.82) is 0 Å². The summed E-state index contributed by atoms with van der Waals surface area (Å²) < 4.78 is 1.25. The molecule has 0 spiro atoms. The molecule has 0 aliphatic carbocycles. The highest BCUT2D eigenvalue weighted by Gasteiger charge is 2.22. The Kier molecular flexibility index (Phi) is 5.67. The van der Waals surface area contributed by atoms with Crippen molar-refractivity contribution >= 4 is 15.9 Å². The maximum absolute atomic E-state index is 3.71. The molecule has 0 aromatic heterocycles. The summed E-state index contributed by atoms with van der Waals surface area (Å²) in [6, 6.07) is 9.26. The summed E-state index contributed by atoms with van der Waals surface area (Å²) in [5.41, 5.74) is 1.45. The number of halogens is 1. The second-order valence-electron chi connectivity index (χ2n) is 4.97. The Morgan fingerprint density at radius 3 is 2.67 bits per heavy atom. The molecule has 1 fully saturated rings. The van der Waals surface area contributed by atoms with E-state index >= 15 is 0 Å². The molecule has 0 saturated carbocycles. The molecule has 1 saturated heterocycles. The van der Waals surface area contributed by atoms with Crippen LogP contribution in [0.3, 0.4) is 0 Å². The Morgan fingerprint density at radius 1 is 1.28 bits per heavy atom. The van der Waals surface area contributed by atoms with Gasteiger partial charge in [-0.2, -0.15) is 0 Å². The Hall–Kier alpha value is -0.380. The quantitative estimate of drug-likeness (QED) is 0.894. The second kappa shape index (κ2) is 7.27. The molecule has 0 unspecified atom stereocenters. The van der Waals surface area contributed by atoms with Crippen LogP contribution in [0.5, 0.6) is 0 Å². The number of unbranched alkanes of at least 4 members (excludes halogenated alkanes) is 1. The van der Waals surface area contributed by atoms with Crippen LogP contribution < -0.4 is 5.32 Å². The molecule has 2 nitrogen and oxygen atoms in total. The summed E-state index contributed by atoms with van der Waals surface area (Å²) >= 11 is 3.71. The van der Waals surface area contributed by atoms with E-state index < -0.39 is 0 Å². The zero-order valence-electron chi connectivity index (χ0n) is 11.2. The van der Waals surface area contributed by atoms with Gasteiger partial charge >= 0.3 is 0 Å². The summed E-state index contributed by atoms with van der Waals surface area (Å²) in [5, 5.41) is 3.44. The Labute approximate surface area is 119 Å². The van der Waals surface area contributed by atoms with Crippen LogP contribution in [0.25, 0.3) is 0 Å².